The van der Waals surface area contributed by atoms with Gasteiger partial charge in [0.1, 0.15) is 54.2 Å². The van der Waals surface area contributed by atoms with Gasteiger partial charge in [0.15, 0.2) is 5.78 Å². The molecule has 0 spiro atoms. The number of Topliss-reactive ketones (excluding diaryl/α,β-unsaturated/α-hetero) is 5. The Bertz CT molecular complexity index is 4700. The van der Waals surface area contributed by atoms with E-state index in [1.54, 1.807) is 112 Å². The smallest absolute Gasteiger partial charge is 0.352 e. The summed E-state index contributed by atoms with van der Waals surface area (Å²) in [6.07, 6.45) is 5.80. The number of benzene rings is 1. The maximum absolute atomic E-state index is 14.6. The highest BCUT2D eigenvalue weighted by Crippen LogP contribution is 2.44. The number of hydrogen-bond donors (Lipinski definition) is 7. The number of hydrogen-bond acceptors (Lipinski definition) is 28. The van der Waals surface area contributed by atoms with E-state index in [9.17, 15) is 88.5 Å². The summed E-state index contributed by atoms with van der Waals surface area (Å²) >= 11 is 0. The minimum absolute atomic E-state index is 0.0255. The zero-order valence-electron chi connectivity index (χ0n) is 82.6. The lowest BCUT2D eigenvalue weighted by atomic mass is 9.78. The van der Waals surface area contributed by atoms with Crippen LogP contribution in [0.25, 0.3) is 5.69 Å². The molecule has 2 aliphatic carbocycles. The van der Waals surface area contributed by atoms with Gasteiger partial charge in [0.2, 0.25) is 11.6 Å². The Morgan fingerprint density at radius 2 is 1.11 bits per heavy atom. The van der Waals surface area contributed by atoms with Crippen LogP contribution in [0.1, 0.15) is 243 Å². The van der Waals surface area contributed by atoms with Crippen molar-refractivity contribution in [1.29, 1.82) is 0 Å². The fourth-order valence-electron chi connectivity index (χ4n) is 22.0. The fourth-order valence-corrected chi connectivity index (χ4v) is 22.0. The van der Waals surface area contributed by atoms with Gasteiger partial charge in [-0.1, -0.05) is 117 Å². The van der Waals surface area contributed by atoms with Gasteiger partial charge in [-0.25, -0.2) is 33.1 Å². The number of aliphatic hydroxyl groups is 7. The van der Waals surface area contributed by atoms with Gasteiger partial charge in [0.05, 0.1) is 78.8 Å². The Morgan fingerprint density at radius 1 is 0.541 bits per heavy atom. The summed E-state index contributed by atoms with van der Waals surface area (Å²) in [5.74, 6) is -18.0. The molecule has 6 fully saturated rings. The first-order valence-corrected chi connectivity index (χ1v) is 49.0. The van der Waals surface area contributed by atoms with Gasteiger partial charge >= 0.3 is 23.3 Å². The van der Waals surface area contributed by atoms with E-state index in [0.717, 1.165) is 14.4 Å². The predicted octanol–water partition coefficient (Wildman–Crippen LogP) is 8.98. The third kappa shape index (κ3) is 25.2. The molecular formula is C102H153N5O28. The van der Waals surface area contributed by atoms with E-state index in [1.807, 2.05) is 58.9 Å². The van der Waals surface area contributed by atoms with Crippen LogP contribution in [-0.4, -0.2) is 283 Å². The van der Waals surface area contributed by atoms with Gasteiger partial charge in [0, 0.05) is 111 Å². The largest absolute Gasteiger partial charge is 0.460 e. The number of cyclic esters (lactones) is 1. The van der Waals surface area contributed by atoms with E-state index in [0.29, 0.717) is 118 Å². The van der Waals surface area contributed by atoms with Crippen LogP contribution in [0, 0.1) is 65.1 Å². The number of methoxy groups -OCH3 is 6. The summed E-state index contributed by atoms with van der Waals surface area (Å²) in [4.78, 5) is 160. The summed E-state index contributed by atoms with van der Waals surface area (Å²) in [5.41, 5.74) is 1.32. The van der Waals surface area contributed by atoms with E-state index in [-0.39, 0.29) is 106 Å². The van der Waals surface area contributed by atoms with E-state index < -0.39 is 215 Å². The summed E-state index contributed by atoms with van der Waals surface area (Å²) in [6.45, 7) is 22.8. The SMILES string of the molecule is CC[C@@H]1/C=C(\C)C(O)[C@H](C)C[C@H](OC)[C@H]2O[C@@](O)(C(=O)C(=O)N3CCCC[C@H]3C(=O)O[C@H](/C(C)=C/[C@@H]3CC[C@@H](O)[C@H](OC)C3)[C@H](C)[C@@H](O)CC1=O)[C@H](C)C[C@@H]2OC.CO[C@H]1C[C@@H]2CC[C@@H](C)[C@@](O)(O2)C(=O)C(=O)N2CCCC[C@H]2C(=O)O[C@H]([C@H](C)C[C@@H]2CC[C@@H](O)[C@H](OC)C2)CC(=O)[C@H](C)/C=C(\C)[C@@H](O)[C@@H](OC)C(=O)[C@H](C)C[C@H](C)C2C=CC(/C=C/1C)n1c(=O)n(-c3ccccc3)c(=O)n12. The van der Waals surface area contributed by atoms with Crippen LogP contribution < -0.4 is 11.4 Å². The van der Waals surface area contributed by atoms with Crippen LogP contribution >= 0.6 is 0 Å². The van der Waals surface area contributed by atoms with Gasteiger partial charge in [-0.3, -0.25) is 33.6 Å². The van der Waals surface area contributed by atoms with Crippen molar-refractivity contribution in [1.82, 2.24) is 23.7 Å². The topological polar surface area (TPSA) is 443 Å². The minimum atomic E-state index is -2.57. The number of nitrogens with zero attached hydrogens (tertiary/aromatic N) is 5. The van der Waals surface area contributed by atoms with Crippen molar-refractivity contribution in [3.8, 4) is 5.69 Å². The quantitative estimate of drug-likeness (QED) is 0.0558. The number of fused-ring (bicyclic) bond motifs is 18. The molecule has 135 heavy (non-hydrogen) atoms. The molecule has 3 unspecified atom stereocenters. The molecule has 12 rings (SSSR count). The molecule has 9 heterocycles. The molecule has 33 nitrogen and oxygen atoms in total. The van der Waals surface area contributed by atoms with Crippen molar-refractivity contribution >= 4 is 52.7 Å². The Balaban J connectivity index is 0.000000294. The van der Waals surface area contributed by atoms with Crippen LogP contribution in [0.3, 0.4) is 0 Å². The van der Waals surface area contributed by atoms with E-state index in [2.05, 4.69) is 0 Å². The van der Waals surface area contributed by atoms with Gasteiger partial charge in [0.25, 0.3) is 23.4 Å². The molecule has 2 amide bonds. The fraction of sp³-hybridized carbons (Fsp3) is 0.735. The maximum Gasteiger partial charge on any atom is 0.352 e. The number of aliphatic hydroxyl groups excluding tert-OH is 5. The average molecular weight is 1900 g/mol. The third-order valence-electron chi connectivity index (χ3n) is 30.7. The Kier molecular flexibility index (Phi) is 39.2. The molecular weight excluding hydrogens is 1740 g/mol. The molecule has 1 aromatic heterocycles. The van der Waals surface area contributed by atoms with Crippen molar-refractivity contribution in [3.63, 3.8) is 0 Å². The van der Waals surface area contributed by atoms with Crippen molar-refractivity contribution < 1.29 is 126 Å². The second-order valence-electron chi connectivity index (χ2n) is 40.3. The van der Waals surface area contributed by atoms with Crippen molar-refractivity contribution in [3.05, 3.63) is 110 Å². The van der Waals surface area contributed by atoms with Crippen molar-refractivity contribution in [2.24, 2.45) is 65.1 Å². The number of allylic oxidation sites excluding steroid dienone is 6. The van der Waals surface area contributed by atoms with Crippen LogP contribution in [0.5, 0.6) is 0 Å². The highest BCUT2D eigenvalue weighted by molar-refractivity contribution is 6.39. The Hall–Kier alpha value is -7.71. The first-order chi connectivity index (χ1) is 63.9. The number of ketones is 5. The lowest BCUT2D eigenvalue weighted by molar-refractivity contribution is -0.302. The third-order valence-corrected chi connectivity index (χ3v) is 30.7. The second-order valence-corrected chi connectivity index (χ2v) is 40.3. The standard InChI is InChI=1S/C59H84N4O15.C43H69NO13/c1-33-26-37(5)51(66)53(76-10)52(67)38(6)27-34(2)47(65)32-49(35(3)28-40-20-24-46(64)50(30-40)75-9)77-56(70)45-18-14-15-25-60(45)55(69)54(68)59(73)39(7)19-22-43(78-59)31-48(74-8)36(4)29-42-21-23-44(33)63-58(72)61(57(71)62(42)63)41-16-12-11-13-17-41;1-10-29-18-23(2)37(48)24(3)19-35(54-8)39-36(55-9)20-26(5)43(52,57-39)40(49)41(50)44-16-12-11-13-30(44)42(51)56-38(27(6)32(46)22-33(29)47)25(4)17-28-14-15-31(45)34(21-28)53-7/h11-13,16-17,21,23,27,29,33-35,37,39-40,42-46,48-50,52-53,64,67,73H,14-15,18-20,22,24-26,28,30-32H2,1-10H3;17-18,24,26-32,34-39,45-46,48,52H,10-16,19-22H2,1-9H3/b36-29+,38-27+;23-18+,25-17+/t33-,34+,35+,37+,39+,40-,42?,43-,44?,45-,46+,48-,49-,50+,52+,53-,59+;24-,26-,27-,28+,29-,30+,31-,32+,34-,35+,36+,37?,38-,39-,43-/m01/s1. The summed E-state index contributed by atoms with van der Waals surface area (Å²) in [6, 6.07) is 4.73. The van der Waals surface area contributed by atoms with Crippen LogP contribution in [0.15, 0.2) is 98.7 Å². The van der Waals surface area contributed by atoms with Crippen molar-refractivity contribution in [2.75, 3.05) is 55.7 Å². The van der Waals surface area contributed by atoms with Gasteiger partial charge in [-0.15, -0.1) is 0 Å². The zero-order valence-corrected chi connectivity index (χ0v) is 82.6. The molecule has 2 aromatic rings. The van der Waals surface area contributed by atoms with E-state index in [4.69, 9.17) is 47.4 Å². The number of ether oxygens (including phenoxy) is 10. The molecule has 32 atom stereocenters. The van der Waals surface area contributed by atoms with E-state index >= 15 is 0 Å². The Labute approximate surface area is 794 Å². The van der Waals surface area contributed by atoms with Gasteiger partial charge < -0.3 is 92.9 Å². The Morgan fingerprint density at radius 3 is 1.70 bits per heavy atom. The number of para-hydroxylation sites is 1. The molecule has 0 radical (unpaired) electrons. The molecule has 33 heteroatoms. The van der Waals surface area contributed by atoms with E-state index in [1.165, 1.54) is 37.8 Å². The number of piperidine rings is 2. The number of esters is 2. The van der Waals surface area contributed by atoms with Gasteiger partial charge in [-0.05, 0) is 214 Å². The van der Waals surface area contributed by atoms with Gasteiger partial charge in [-0.2, -0.15) is 0 Å². The monoisotopic (exact) mass is 1900 g/mol. The summed E-state index contributed by atoms with van der Waals surface area (Å²) in [5, 5.41) is 80.1. The number of rotatable bonds is 13. The lowest BCUT2D eigenvalue weighted by Gasteiger charge is -2.47. The first kappa shape index (κ1) is 109. The predicted molar refractivity (Wildman–Crippen MR) is 498 cm³/mol. The average Bonchev–Trinajstić information content (AvgIpc) is 1.53. The number of amides is 2. The zero-order chi connectivity index (χ0) is 99.3. The number of carbonyl (C=O) groups is 9. The molecule has 7 N–H and O–H groups in total. The number of aromatic nitrogens is 3. The second kappa shape index (κ2) is 48.4. The molecule has 4 saturated heterocycles. The molecule has 754 valence electrons. The van der Waals surface area contributed by atoms with Crippen LogP contribution in [0.2, 0.25) is 0 Å². The maximum atomic E-state index is 14.6. The molecule has 2 saturated carbocycles. The first-order valence-electron chi connectivity index (χ1n) is 49.0. The number of carbonyl (C=O) groups excluding carboxylic acids is 9. The minimum Gasteiger partial charge on any atom is -0.460 e. The van der Waals surface area contributed by atoms with Crippen molar-refractivity contribution in [2.45, 2.75) is 359 Å². The van der Waals surface area contributed by atoms with Crippen LogP contribution in [0.4, 0.5) is 0 Å². The molecule has 8 aliphatic heterocycles. The molecule has 10 aliphatic rings. The summed E-state index contributed by atoms with van der Waals surface area (Å²) in [7, 11) is 8.87. The highest BCUT2D eigenvalue weighted by Gasteiger charge is 2.58. The molecule has 6 bridgehead atoms. The summed E-state index contributed by atoms with van der Waals surface area (Å²) < 4.78 is 63.3. The highest BCUT2D eigenvalue weighted by atomic mass is 16.7. The van der Waals surface area contributed by atoms with Crippen LogP contribution in [-0.2, 0) is 90.5 Å². The normalized spacial score (nSPS) is 39.4. The molecule has 1 aromatic carbocycles. The lowest BCUT2D eigenvalue weighted by Crippen LogP contribution is -2.64.